The molecule has 0 unspecified atom stereocenters. The molecule has 0 aliphatic heterocycles. The average molecular weight is 422 g/mol. The lowest BCUT2D eigenvalue weighted by Gasteiger charge is -2.35. The van der Waals surface area contributed by atoms with Gasteiger partial charge < -0.3 is 24.3 Å². The summed E-state index contributed by atoms with van der Waals surface area (Å²) < 4.78 is 21.3. The van der Waals surface area contributed by atoms with Gasteiger partial charge in [-0.2, -0.15) is 0 Å². The Kier molecular flexibility index (Phi) is 8.81. The Morgan fingerprint density at radius 2 is 1.70 bits per heavy atom. The minimum Gasteiger partial charge on any atom is -0.493 e. The standard InChI is InChI=1S/C23H35NO6/c1-14-8-7-9-18(15(14)2)24-23(26)16(3)30-21(25)11-10-17-12-19(27-4)22(29-6)20(13-17)28-5/h12-16,18H,7-11H2,1-6H3,(H,24,26)/t14-,15-,16-,18-/m1/s1. The molecule has 0 bridgehead atoms. The summed E-state index contributed by atoms with van der Waals surface area (Å²) in [6.07, 6.45) is 3.04. The maximum absolute atomic E-state index is 12.5. The molecule has 7 nitrogen and oxygen atoms in total. The molecule has 2 rings (SSSR count). The Bertz CT molecular complexity index is 709. The molecule has 1 aromatic rings. The molecule has 1 aliphatic carbocycles. The van der Waals surface area contributed by atoms with Gasteiger partial charge in [0.1, 0.15) is 0 Å². The van der Waals surface area contributed by atoms with Crippen molar-refractivity contribution >= 4 is 11.9 Å². The second kappa shape index (κ2) is 11.1. The summed E-state index contributed by atoms with van der Waals surface area (Å²) >= 11 is 0. The molecule has 1 aliphatic rings. The van der Waals surface area contributed by atoms with Gasteiger partial charge in [0.2, 0.25) is 5.75 Å². The van der Waals surface area contributed by atoms with E-state index >= 15 is 0 Å². The molecule has 1 aromatic carbocycles. The molecule has 1 saturated carbocycles. The molecule has 0 spiro atoms. The van der Waals surface area contributed by atoms with Gasteiger partial charge in [0.05, 0.1) is 21.3 Å². The highest BCUT2D eigenvalue weighted by Gasteiger charge is 2.30. The first kappa shape index (κ1) is 23.8. The number of rotatable bonds is 9. The van der Waals surface area contributed by atoms with Crippen LogP contribution in [0.2, 0.25) is 0 Å². The van der Waals surface area contributed by atoms with Gasteiger partial charge >= 0.3 is 5.97 Å². The van der Waals surface area contributed by atoms with E-state index in [2.05, 4.69) is 19.2 Å². The summed E-state index contributed by atoms with van der Waals surface area (Å²) in [5, 5.41) is 3.06. The quantitative estimate of drug-likeness (QED) is 0.615. The summed E-state index contributed by atoms with van der Waals surface area (Å²) in [7, 11) is 4.63. The first-order valence-electron chi connectivity index (χ1n) is 10.6. The van der Waals surface area contributed by atoms with Gasteiger partial charge in [-0.3, -0.25) is 9.59 Å². The highest BCUT2D eigenvalue weighted by molar-refractivity contribution is 5.83. The van der Waals surface area contributed by atoms with Gasteiger partial charge in [0.15, 0.2) is 17.6 Å². The van der Waals surface area contributed by atoms with Gasteiger partial charge in [-0.05, 0) is 49.3 Å². The fourth-order valence-corrected chi connectivity index (χ4v) is 3.92. The monoisotopic (exact) mass is 421 g/mol. The number of carbonyl (C=O) groups excluding carboxylic acids is 2. The van der Waals surface area contributed by atoms with Crippen LogP contribution in [0.5, 0.6) is 17.2 Å². The Hall–Kier alpha value is -2.44. The van der Waals surface area contributed by atoms with E-state index in [0.717, 1.165) is 18.4 Å². The van der Waals surface area contributed by atoms with E-state index in [4.69, 9.17) is 18.9 Å². The van der Waals surface area contributed by atoms with Gasteiger partial charge in [-0.15, -0.1) is 0 Å². The Morgan fingerprint density at radius 3 is 2.27 bits per heavy atom. The molecule has 0 aromatic heterocycles. The number of nitrogens with one attached hydrogen (secondary N) is 1. The van der Waals surface area contributed by atoms with Crippen LogP contribution in [0.1, 0.15) is 52.0 Å². The predicted octanol–water partition coefficient (Wildman–Crippen LogP) is 3.52. The summed E-state index contributed by atoms with van der Waals surface area (Å²) in [6.45, 7) is 6.00. The zero-order valence-electron chi connectivity index (χ0n) is 18.9. The second-order valence-corrected chi connectivity index (χ2v) is 8.05. The van der Waals surface area contributed by atoms with E-state index < -0.39 is 12.1 Å². The van der Waals surface area contributed by atoms with E-state index in [-0.39, 0.29) is 18.4 Å². The summed E-state index contributed by atoms with van der Waals surface area (Å²) in [5.41, 5.74) is 0.851. The van der Waals surface area contributed by atoms with Crippen molar-refractivity contribution in [2.75, 3.05) is 21.3 Å². The molecule has 7 heteroatoms. The fourth-order valence-electron chi connectivity index (χ4n) is 3.92. The maximum atomic E-state index is 12.5. The lowest BCUT2D eigenvalue weighted by molar-refractivity contribution is -0.155. The van der Waals surface area contributed by atoms with Crippen LogP contribution in [0.3, 0.4) is 0 Å². The number of benzene rings is 1. The van der Waals surface area contributed by atoms with Crippen molar-refractivity contribution < 1.29 is 28.5 Å². The topological polar surface area (TPSA) is 83.1 Å². The first-order valence-corrected chi connectivity index (χ1v) is 10.6. The molecule has 0 heterocycles. The normalized spacial score (nSPS) is 22.0. The van der Waals surface area contributed by atoms with Crippen molar-refractivity contribution in [1.82, 2.24) is 5.32 Å². The number of carbonyl (C=O) groups is 2. The number of methoxy groups -OCH3 is 3. The molecule has 168 valence electrons. The van der Waals surface area contributed by atoms with Crippen LogP contribution >= 0.6 is 0 Å². The Morgan fingerprint density at radius 1 is 1.07 bits per heavy atom. The third-order valence-electron chi connectivity index (χ3n) is 6.05. The van der Waals surface area contributed by atoms with Crippen LogP contribution in [0.25, 0.3) is 0 Å². The van der Waals surface area contributed by atoms with E-state index in [1.807, 2.05) is 0 Å². The summed E-state index contributed by atoms with van der Waals surface area (Å²) in [5.74, 6) is 1.92. The van der Waals surface area contributed by atoms with Crippen molar-refractivity contribution in [3.63, 3.8) is 0 Å². The molecule has 0 radical (unpaired) electrons. The zero-order valence-corrected chi connectivity index (χ0v) is 18.9. The Balaban J connectivity index is 1.88. The molecule has 1 amide bonds. The van der Waals surface area contributed by atoms with Crippen LogP contribution in [0.15, 0.2) is 12.1 Å². The first-order chi connectivity index (χ1) is 14.3. The number of aryl methyl sites for hydroxylation is 1. The van der Waals surface area contributed by atoms with Crippen LogP contribution in [0, 0.1) is 11.8 Å². The summed E-state index contributed by atoms with van der Waals surface area (Å²) in [4.78, 5) is 24.8. The minimum absolute atomic E-state index is 0.140. The predicted molar refractivity (Wildman–Crippen MR) is 114 cm³/mol. The third-order valence-corrected chi connectivity index (χ3v) is 6.05. The van der Waals surface area contributed by atoms with Crippen LogP contribution in [-0.4, -0.2) is 45.4 Å². The zero-order chi connectivity index (χ0) is 22.3. The molecule has 1 fully saturated rings. The molecule has 0 saturated heterocycles. The third kappa shape index (κ3) is 6.03. The lowest BCUT2D eigenvalue weighted by atomic mass is 9.78. The number of esters is 1. The molecule has 30 heavy (non-hydrogen) atoms. The van der Waals surface area contributed by atoms with Crippen molar-refractivity contribution in [1.29, 1.82) is 0 Å². The largest absolute Gasteiger partial charge is 0.493 e. The smallest absolute Gasteiger partial charge is 0.306 e. The highest BCUT2D eigenvalue weighted by atomic mass is 16.5. The van der Waals surface area contributed by atoms with Crippen LogP contribution in [-0.2, 0) is 20.7 Å². The molecular weight excluding hydrogens is 386 g/mol. The lowest BCUT2D eigenvalue weighted by Crippen LogP contribution is -2.47. The van der Waals surface area contributed by atoms with Crippen molar-refractivity contribution in [2.45, 2.75) is 65.0 Å². The number of hydrogen-bond donors (Lipinski definition) is 1. The van der Waals surface area contributed by atoms with E-state index in [9.17, 15) is 9.59 Å². The van der Waals surface area contributed by atoms with Gasteiger partial charge in [0, 0.05) is 12.5 Å². The second-order valence-electron chi connectivity index (χ2n) is 8.05. The molecule has 4 atom stereocenters. The SMILES string of the molecule is COc1cc(CCC(=O)O[C@H](C)C(=O)N[C@@H]2CCC[C@@H](C)[C@H]2C)cc(OC)c1OC. The minimum atomic E-state index is -0.818. The number of amides is 1. The molecule has 1 N–H and O–H groups in total. The van der Waals surface area contributed by atoms with E-state index in [1.165, 1.54) is 6.42 Å². The van der Waals surface area contributed by atoms with Crippen LogP contribution < -0.4 is 19.5 Å². The maximum Gasteiger partial charge on any atom is 0.306 e. The summed E-state index contributed by atoms with van der Waals surface area (Å²) in [6, 6.07) is 3.74. The highest BCUT2D eigenvalue weighted by Crippen LogP contribution is 2.38. The van der Waals surface area contributed by atoms with E-state index in [0.29, 0.717) is 35.5 Å². The average Bonchev–Trinajstić information content (AvgIpc) is 2.74. The van der Waals surface area contributed by atoms with Gasteiger partial charge in [0.25, 0.3) is 5.91 Å². The number of hydrogen-bond acceptors (Lipinski definition) is 6. The van der Waals surface area contributed by atoms with Crippen molar-refractivity contribution in [3.05, 3.63) is 17.7 Å². The van der Waals surface area contributed by atoms with Crippen LogP contribution in [0.4, 0.5) is 0 Å². The van der Waals surface area contributed by atoms with Crippen molar-refractivity contribution in [2.24, 2.45) is 11.8 Å². The van der Waals surface area contributed by atoms with Gasteiger partial charge in [-0.1, -0.05) is 26.7 Å². The fraction of sp³-hybridized carbons (Fsp3) is 0.652. The van der Waals surface area contributed by atoms with Gasteiger partial charge in [-0.25, -0.2) is 0 Å². The van der Waals surface area contributed by atoms with E-state index in [1.54, 1.807) is 40.4 Å². The number of ether oxygens (including phenoxy) is 4. The molecular formula is C23H35NO6. The Labute approximate surface area is 179 Å². The van der Waals surface area contributed by atoms with Crippen molar-refractivity contribution in [3.8, 4) is 17.2 Å².